The van der Waals surface area contributed by atoms with E-state index in [1.165, 1.54) is 27.4 Å². The third kappa shape index (κ3) is 2.58. The van der Waals surface area contributed by atoms with Crippen molar-refractivity contribution in [2.75, 3.05) is 4.90 Å². The van der Waals surface area contributed by atoms with E-state index in [-0.39, 0.29) is 57.4 Å². The van der Waals surface area contributed by atoms with Gasteiger partial charge in [0.1, 0.15) is 0 Å². The topological polar surface area (TPSA) is 70.2 Å². The first-order chi connectivity index (χ1) is 16.0. The molecule has 1 N–H and O–H groups in total. The number of aromatic amines is 1. The van der Waals surface area contributed by atoms with E-state index in [2.05, 4.69) is 30.1 Å². The second-order valence-corrected chi connectivity index (χ2v) is 11.9. The van der Waals surface area contributed by atoms with Crippen LogP contribution in [0.2, 0.25) is 0 Å². The molecule has 3 heterocycles. The molecule has 1 aromatic heterocycles. The molecule has 166 valence electrons. The highest BCUT2D eigenvalue weighted by Gasteiger charge is 2.69. The van der Waals surface area contributed by atoms with E-state index < -0.39 is 0 Å². The lowest BCUT2D eigenvalue weighted by Crippen LogP contribution is -2.42. The molecule has 0 spiro atoms. The van der Waals surface area contributed by atoms with Crippen LogP contribution in [0.4, 0.5) is 5.69 Å². The fourth-order valence-electron chi connectivity index (χ4n) is 7.13. The molecule has 33 heavy (non-hydrogen) atoms. The number of hydrogen-bond donors (Lipinski definition) is 1. The zero-order chi connectivity index (χ0) is 22.4. The lowest BCUT2D eigenvalue weighted by molar-refractivity contribution is -0.123. The molecule has 7 heteroatoms. The average molecular weight is 475 g/mol. The third-order valence-electron chi connectivity index (χ3n) is 8.26. The number of nitrogens with zero attached hydrogens (tertiary/aromatic N) is 1. The molecule has 0 radical (unpaired) electrons. The first kappa shape index (κ1) is 19.8. The van der Waals surface area contributed by atoms with E-state index in [9.17, 15) is 14.4 Å². The van der Waals surface area contributed by atoms with Crippen molar-refractivity contribution in [3.63, 3.8) is 0 Å². The lowest BCUT2D eigenvalue weighted by atomic mass is 9.67. The molecule has 2 aliphatic carbocycles. The number of aryl methyl sites for hydroxylation is 1. The van der Waals surface area contributed by atoms with Crippen molar-refractivity contribution in [2.45, 2.75) is 29.5 Å². The van der Waals surface area contributed by atoms with E-state index in [0.717, 1.165) is 16.3 Å². The smallest absolute Gasteiger partial charge is 0.305 e. The highest BCUT2D eigenvalue weighted by molar-refractivity contribution is 8.00. The first-order valence-electron chi connectivity index (χ1n) is 11.4. The Bertz CT molecular complexity index is 1360. The van der Waals surface area contributed by atoms with Crippen LogP contribution in [0.25, 0.3) is 0 Å². The second kappa shape index (κ2) is 6.93. The molecule has 3 aromatic rings. The Hall–Kier alpha value is -2.64. The highest BCUT2D eigenvalue weighted by Crippen LogP contribution is 2.68. The van der Waals surface area contributed by atoms with Crippen molar-refractivity contribution in [2.24, 2.45) is 29.6 Å². The Morgan fingerprint density at radius 3 is 2.36 bits per heavy atom. The molecule has 2 aromatic carbocycles. The molecule has 7 rings (SSSR count). The Kier molecular flexibility index (Phi) is 4.16. The molecule has 2 bridgehead atoms. The average Bonchev–Trinajstić information content (AvgIpc) is 3.54. The molecular weight excluding hydrogens is 452 g/mol. The standard InChI is InChI=1S/C26H22N2O3S2/c1-12-7-5-6-10-14(12)17-18-15-11-16(21(18)32-23-22(17)33-26(31)27-23)20-19(15)24(29)28(25(20)30)13-8-3-2-4-9-13/h2-10,15-21H,11H2,1H3,(H,27,31)/t15?,16?,17?,18-,19?,20?,21?/m0/s1. The normalized spacial score (nSPS) is 33.8. The summed E-state index contributed by atoms with van der Waals surface area (Å²) in [7, 11) is 0. The number of thioether (sulfide) groups is 1. The maximum Gasteiger partial charge on any atom is 0.305 e. The summed E-state index contributed by atoms with van der Waals surface area (Å²) in [5, 5.41) is 1.19. The summed E-state index contributed by atoms with van der Waals surface area (Å²) in [4.78, 5) is 45.2. The summed E-state index contributed by atoms with van der Waals surface area (Å²) in [6, 6.07) is 17.7. The van der Waals surface area contributed by atoms with Crippen LogP contribution in [0.1, 0.15) is 28.3 Å². The Balaban J connectivity index is 1.36. The number of nitrogens with one attached hydrogen (secondary N) is 1. The minimum atomic E-state index is -0.256. The van der Waals surface area contributed by atoms with E-state index in [0.29, 0.717) is 5.69 Å². The predicted octanol–water partition coefficient (Wildman–Crippen LogP) is 4.42. The number of imide groups is 1. The van der Waals surface area contributed by atoms with Gasteiger partial charge in [0.15, 0.2) is 0 Å². The van der Waals surface area contributed by atoms with Gasteiger partial charge in [-0.3, -0.25) is 19.3 Å². The summed E-state index contributed by atoms with van der Waals surface area (Å²) in [6.07, 6.45) is 0.916. The summed E-state index contributed by atoms with van der Waals surface area (Å²) in [6.45, 7) is 2.12. The summed E-state index contributed by atoms with van der Waals surface area (Å²) in [5.41, 5.74) is 3.12. The monoisotopic (exact) mass is 474 g/mol. The van der Waals surface area contributed by atoms with Gasteiger partial charge in [0.25, 0.3) is 0 Å². The molecule has 7 atom stereocenters. The van der Waals surface area contributed by atoms with Crippen molar-refractivity contribution in [3.05, 3.63) is 80.3 Å². The molecular formula is C26H22N2O3S2. The number of carbonyl (C=O) groups excluding carboxylic acids is 2. The van der Waals surface area contributed by atoms with Gasteiger partial charge < -0.3 is 4.98 Å². The zero-order valence-corrected chi connectivity index (χ0v) is 19.6. The predicted molar refractivity (Wildman–Crippen MR) is 129 cm³/mol. The lowest BCUT2D eigenvalue weighted by Gasteiger charge is -2.43. The molecule has 2 saturated carbocycles. The number of carbonyl (C=O) groups is 2. The number of H-pyrrole nitrogens is 1. The molecule has 6 unspecified atom stereocenters. The number of hydrogen-bond acceptors (Lipinski definition) is 5. The van der Waals surface area contributed by atoms with E-state index in [1.807, 2.05) is 36.4 Å². The van der Waals surface area contributed by atoms with Crippen molar-refractivity contribution in [1.82, 2.24) is 4.98 Å². The van der Waals surface area contributed by atoms with Crippen molar-refractivity contribution in [3.8, 4) is 0 Å². The van der Waals surface area contributed by atoms with Crippen LogP contribution in [-0.4, -0.2) is 22.0 Å². The van der Waals surface area contributed by atoms with Crippen LogP contribution in [0.3, 0.4) is 0 Å². The highest BCUT2D eigenvalue weighted by atomic mass is 32.2. The second-order valence-electron chi connectivity index (χ2n) is 9.66. The van der Waals surface area contributed by atoms with Crippen LogP contribution in [0.15, 0.2) is 64.4 Å². The van der Waals surface area contributed by atoms with E-state index in [1.54, 1.807) is 11.8 Å². The minimum Gasteiger partial charge on any atom is -0.307 e. The number of thiazole rings is 1. The molecule has 3 fully saturated rings. The van der Waals surface area contributed by atoms with Crippen molar-refractivity contribution < 1.29 is 9.59 Å². The van der Waals surface area contributed by atoms with E-state index in [4.69, 9.17) is 0 Å². The summed E-state index contributed by atoms with van der Waals surface area (Å²) >= 11 is 3.05. The fourth-order valence-corrected chi connectivity index (χ4v) is 10.0. The van der Waals surface area contributed by atoms with Gasteiger partial charge in [-0.15, -0.1) is 11.8 Å². The number of rotatable bonds is 2. The van der Waals surface area contributed by atoms with Crippen LogP contribution >= 0.6 is 23.1 Å². The Morgan fingerprint density at radius 2 is 1.61 bits per heavy atom. The number of benzene rings is 2. The molecule has 2 aliphatic heterocycles. The van der Waals surface area contributed by atoms with Gasteiger partial charge in [-0.2, -0.15) is 0 Å². The van der Waals surface area contributed by atoms with Gasteiger partial charge in [0.2, 0.25) is 11.8 Å². The van der Waals surface area contributed by atoms with Crippen molar-refractivity contribution >= 4 is 40.6 Å². The van der Waals surface area contributed by atoms with E-state index >= 15 is 0 Å². The van der Waals surface area contributed by atoms with Crippen molar-refractivity contribution in [1.29, 1.82) is 0 Å². The van der Waals surface area contributed by atoms with Gasteiger partial charge in [0.05, 0.1) is 22.5 Å². The number of anilines is 1. The SMILES string of the molecule is Cc1ccccc1C1c2sc(=O)[nH]c2SC2C3CC(C4C(=O)N(c5ccccc5)C(=O)C34)[C@@H]12. The Morgan fingerprint density at radius 1 is 0.909 bits per heavy atom. The molecule has 5 nitrogen and oxygen atoms in total. The summed E-state index contributed by atoms with van der Waals surface area (Å²) < 4.78 is 0. The maximum absolute atomic E-state index is 13.7. The van der Waals surface area contributed by atoms with Crippen LogP contribution in [0, 0.1) is 36.5 Å². The number of aromatic nitrogens is 1. The molecule has 1 saturated heterocycles. The largest absolute Gasteiger partial charge is 0.307 e. The van der Waals surface area contributed by atoms with Gasteiger partial charge >= 0.3 is 4.87 Å². The summed E-state index contributed by atoms with van der Waals surface area (Å²) in [5.74, 6) is 0.0494. The van der Waals surface area contributed by atoms with Gasteiger partial charge in [-0.25, -0.2) is 0 Å². The first-order valence-corrected chi connectivity index (χ1v) is 13.1. The molecule has 4 aliphatic rings. The van der Waals surface area contributed by atoms with Crippen LogP contribution in [0.5, 0.6) is 0 Å². The third-order valence-corrected chi connectivity index (χ3v) is 10.9. The maximum atomic E-state index is 13.7. The minimum absolute atomic E-state index is 0.0268. The Labute approximate surface area is 199 Å². The zero-order valence-electron chi connectivity index (χ0n) is 17.9. The number of fused-ring (bicyclic) bond motifs is 9. The van der Waals surface area contributed by atoms with Gasteiger partial charge in [-0.05, 0) is 54.4 Å². The van der Waals surface area contributed by atoms with Crippen LogP contribution < -0.4 is 9.77 Å². The van der Waals surface area contributed by atoms with Crippen LogP contribution in [-0.2, 0) is 9.59 Å². The quantitative estimate of drug-likeness (QED) is 0.558. The fraction of sp³-hybridized carbons (Fsp3) is 0.346. The number of amides is 2. The van der Waals surface area contributed by atoms with Gasteiger partial charge in [-0.1, -0.05) is 53.8 Å². The van der Waals surface area contributed by atoms with Gasteiger partial charge in [0, 0.05) is 16.0 Å². The molecule has 2 amide bonds. The number of para-hydroxylation sites is 1.